The van der Waals surface area contributed by atoms with Gasteiger partial charge in [-0.25, -0.2) is 4.99 Å². The maximum Gasteiger partial charge on any atom is 0.201 e. The molecule has 10 atom stereocenters. The number of rotatable bonds is 8. The minimum Gasteiger partial charge on any atom is -0.504 e. The molecule has 3 fully saturated rings. The van der Waals surface area contributed by atoms with Gasteiger partial charge in [-0.15, -0.1) is 0 Å². The number of nitrogens with two attached hydrogens (primary N) is 1. The van der Waals surface area contributed by atoms with E-state index in [0.29, 0.717) is 78.3 Å². The van der Waals surface area contributed by atoms with Crippen LogP contribution < -0.4 is 30.6 Å². The van der Waals surface area contributed by atoms with Crippen LogP contribution in [0.5, 0.6) is 23.0 Å². The molecule has 10 rings (SSSR count). The Labute approximate surface area is 446 Å². The van der Waals surface area contributed by atoms with Crippen molar-refractivity contribution >= 4 is 33.3 Å². The number of aliphatic hydroxyl groups excluding tert-OH is 4. The average Bonchev–Trinajstić information content (AvgIpc) is 3.99. The number of ketones is 1. The molecule has 404 valence electrons. The van der Waals surface area contributed by atoms with E-state index >= 15 is 0 Å². The predicted octanol–water partition coefficient (Wildman–Crippen LogP) is 7.08. The van der Waals surface area contributed by atoms with Gasteiger partial charge in [0.25, 0.3) is 0 Å². The minimum absolute atomic E-state index is 0.0105. The molecule has 14 nitrogen and oxygen atoms in total. The largest absolute Gasteiger partial charge is 0.504 e. The number of aryl methyl sites for hydroxylation is 2. The highest BCUT2D eigenvalue weighted by atomic mass is 33.1. The Morgan fingerprint density at radius 3 is 2.53 bits per heavy atom. The summed E-state index contributed by atoms with van der Waals surface area (Å²) in [5.74, 6) is 16.3. The van der Waals surface area contributed by atoms with E-state index in [4.69, 9.17) is 29.7 Å². The van der Waals surface area contributed by atoms with Gasteiger partial charge in [-0.05, 0) is 130 Å². The van der Waals surface area contributed by atoms with Gasteiger partial charge in [-0.1, -0.05) is 84.1 Å². The van der Waals surface area contributed by atoms with Crippen molar-refractivity contribution < 1.29 is 49.3 Å². The van der Waals surface area contributed by atoms with Gasteiger partial charge in [-0.2, -0.15) is 0 Å². The number of nitrogens with one attached hydrogen (secondary N) is 2. The molecule has 16 heteroatoms. The lowest BCUT2D eigenvalue weighted by atomic mass is 9.57. The third kappa shape index (κ3) is 12.3. The van der Waals surface area contributed by atoms with Gasteiger partial charge in [-0.3, -0.25) is 10.1 Å². The van der Waals surface area contributed by atoms with Crippen LogP contribution in [-0.2, 0) is 35.2 Å². The molecular formula is C58H80N4O10S2. The highest BCUT2D eigenvalue weighted by Crippen LogP contribution is 2.64. The lowest BCUT2D eigenvalue weighted by molar-refractivity contribution is -0.121. The summed E-state index contributed by atoms with van der Waals surface area (Å²) in [6.07, 6.45) is 13.5. The Morgan fingerprint density at radius 2 is 1.74 bits per heavy atom. The van der Waals surface area contributed by atoms with Gasteiger partial charge >= 0.3 is 0 Å². The maximum absolute atomic E-state index is 13.4. The van der Waals surface area contributed by atoms with E-state index < -0.39 is 36.7 Å². The number of aliphatic hydroxyl groups is 4. The highest BCUT2D eigenvalue weighted by Gasteiger charge is 2.56. The molecular weight excluding hydrogens is 977 g/mol. The first-order chi connectivity index (χ1) is 35.8. The van der Waals surface area contributed by atoms with Gasteiger partial charge < -0.3 is 55.5 Å². The molecule has 2 aromatic carbocycles. The van der Waals surface area contributed by atoms with Crippen molar-refractivity contribution in [3.63, 3.8) is 0 Å². The zero-order chi connectivity index (χ0) is 52.0. The number of benzene rings is 2. The second kappa shape index (κ2) is 24.2. The van der Waals surface area contributed by atoms with Crippen molar-refractivity contribution in [2.75, 3.05) is 38.7 Å². The topological polar surface area (TPSA) is 218 Å². The summed E-state index contributed by atoms with van der Waals surface area (Å²) in [7, 11) is 5.21. The van der Waals surface area contributed by atoms with Crippen LogP contribution in [-0.4, -0.2) is 112 Å². The number of carbonyl (C=O) groups excluding carboxylic acids is 1. The molecule has 10 unspecified atom stereocenters. The van der Waals surface area contributed by atoms with Gasteiger partial charge in [0.05, 0.1) is 36.5 Å². The second-order valence-corrected chi connectivity index (χ2v) is 25.6. The number of nitrogens with zero attached hydrogens (tertiary/aromatic N) is 1. The van der Waals surface area contributed by atoms with E-state index in [1.165, 1.54) is 51.0 Å². The number of phenols is 1. The zero-order valence-electron chi connectivity index (χ0n) is 43.7. The fourth-order valence-electron chi connectivity index (χ4n) is 14.0. The minimum atomic E-state index is -1.24. The molecule has 8 aliphatic rings. The Hall–Kier alpha value is -3.84. The molecule has 0 radical (unpaired) electrons. The number of aliphatic imine (C=N–C) groups is 1. The maximum atomic E-state index is 13.4. The number of fused-ring (bicyclic) bond motifs is 7. The number of carbonyl (C=O) groups is 1. The van der Waals surface area contributed by atoms with Crippen molar-refractivity contribution in [2.24, 2.45) is 45.2 Å². The van der Waals surface area contributed by atoms with Crippen molar-refractivity contribution in [3.05, 3.63) is 46.0 Å². The smallest absolute Gasteiger partial charge is 0.201 e. The molecule has 2 aromatic rings. The van der Waals surface area contributed by atoms with Gasteiger partial charge in [0.15, 0.2) is 35.8 Å². The summed E-state index contributed by atoms with van der Waals surface area (Å²) in [6.45, 7) is 3.71. The Balaban J connectivity index is 1.19. The van der Waals surface area contributed by atoms with Crippen molar-refractivity contribution in [3.8, 4) is 46.7 Å². The van der Waals surface area contributed by atoms with Crippen LogP contribution in [0.4, 0.5) is 0 Å². The van der Waals surface area contributed by atoms with Crippen LogP contribution in [0.15, 0.2) is 23.2 Å². The van der Waals surface area contributed by atoms with Crippen LogP contribution >= 0.6 is 21.6 Å². The zero-order valence-corrected chi connectivity index (χ0v) is 45.4. The number of methoxy groups -OCH3 is 1. The van der Waals surface area contributed by atoms with Crippen LogP contribution in [0.3, 0.4) is 0 Å². The number of hydrogen-bond donors (Lipinski definition) is 8. The molecule has 4 aliphatic heterocycles. The summed E-state index contributed by atoms with van der Waals surface area (Å²) in [4.78, 5) is 18.4. The van der Waals surface area contributed by atoms with E-state index in [1.54, 1.807) is 34.8 Å². The summed E-state index contributed by atoms with van der Waals surface area (Å²) in [5.41, 5.74) is 10.5. The third-order valence-electron chi connectivity index (χ3n) is 18.1. The van der Waals surface area contributed by atoms with Crippen LogP contribution in [0.2, 0.25) is 0 Å². The fourth-order valence-corrected chi connectivity index (χ4v) is 16.8. The lowest BCUT2D eigenvalue weighted by Gasteiger charge is -2.52. The van der Waals surface area contributed by atoms with E-state index in [9.17, 15) is 30.3 Å². The molecule has 3 saturated carbocycles. The van der Waals surface area contributed by atoms with E-state index in [-0.39, 0.29) is 85.2 Å². The first kappa shape index (κ1) is 54.9. The molecule has 0 aromatic heterocycles. The standard InChI is InChI=1S/C58H80N4O10S2/c1-36(2)49-31-74-73-30-47-46-28-45-38-12-16-42(66)27-41(65)15-11-37-13-18-50(67)52(71-35-64)44(37)9-6-8-39(26-38)51(53(45)72-54(46)68)70-34-60-58(22-7-10-48(47)61-55(59)62-49)33-57(25-24-56(32-57)20-4-5-21-56)23-19-40(58)14-17-43(29-63)69-3/h13,18,26,36,40,42-43,46-49,54,60,63-64,66-68H,4-5,8,11-12,14-17,19-25,27-35H2,1-3H3,(H3,59,61,62). The molecule has 3 spiro atoms. The summed E-state index contributed by atoms with van der Waals surface area (Å²) in [5, 5.41) is 62.6. The molecule has 0 saturated heterocycles. The number of phenolic OH excluding ortho intramolecular Hbond substituents is 1. The third-order valence-corrected chi connectivity index (χ3v) is 20.6. The summed E-state index contributed by atoms with van der Waals surface area (Å²) < 4.78 is 25.2. The monoisotopic (exact) mass is 1060 g/mol. The fraction of sp³-hybridized carbons (Fsp3) is 0.690. The second-order valence-electron chi connectivity index (χ2n) is 23.1. The summed E-state index contributed by atoms with van der Waals surface area (Å²) >= 11 is 0. The first-order valence-corrected chi connectivity index (χ1v) is 29.9. The van der Waals surface area contributed by atoms with Crippen molar-refractivity contribution in [1.29, 1.82) is 0 Å². The van der Waals surface area contributed by atoms with Crippen LogP contribution in [0.1, 0.15) is 144 Å². The SMILES string of the molecule is COC(CO)CCC1CCC2(CCC3(CCCC3)C2)CC12CC#CC1NC(N)=NC(C(C)C)CSSCC1C1Cc3c4cc(c(c3OC1O)OCN2)CC#Cc1c(ccc(O)c1OCO)CCC(=O)CC(O)CC4. The quantitative estimate of drug-likeness (QED) is 0.0753. The predicted molar refractivity (Wildman–Crippen MR) is 290 cm³/mol. The van der Waals surface area contributed by atoms with Crippen molar-refractivity contribution in [1.82, 2.24) is 10.6 Å². The average molecular weight is 1060 g/mol. The van der Waals surface area contributed by atoms with Crippen LogP contribution in [0.25, 0.3) is 0 Å². The number of Topliss-reactive ketones (excluding diaryl/α,β-unsaturated/α-hetero) is 1. The Morgan fingerprint density at radius 1 is 0.932 bits per heavy atom. The lowest BCUT2D eigenvalue weighted by Crippen LogP contribution is -2.58. The normalized spacial score (nSPS) is 31.6. The Bertz CT molecular complexity index is 2480. The van der Waals surface area contributed by atoms with E-state index in [0.717, 1.165) is 48.1 Å². The van der Waals surface area contributed by atoms with E-state index in [1.807, 2.05) is 0 Å². The number of ether oxygens (including phenoxy) is 4. The molecule has 6 bridgehead atoms. The first-order valence-electron chi connectivity index (χ1n) is 27.4. The van der Waals surface area contributed by atoms with Gasteiger partial charge in [0, 0.05) is 72.8 Å². The van der Waals surface area contributed by atoms with E-state index in [2.05, 4.69) is 54.2 Å². The molecule has 74 heavy (non-hydrogen) atoms. The molecule has 4 aliphatic carbocycles. The van der Waals surface area contributed by atoms with Crippen molar-refractivity contribution in [2.45, 2.75) is 178 Å². The van der Waals surface area contributed by atoms with Gasteiger partial charge in [0.2, 0.25) is 6.29 Å². The number of guanidine groups is 1. The molecule has 4 heterocycles. The van der Waals surface area contributed by atoms with Crippen LogP contribution in [0, 0.1) is 58.2 Å². The van der Waals surface area contributed by atoms with Gasteiger partial charge in [0.1, 0.15) is 12.5 Å². The molecule has 9 N–H and O–H groups in total. The number of aromatic hydroxyl groups is 1. The number of hydrogen-bond acceptors (Lipinski definition) is 16. The molecule has 0 amide bonds. The Kier molecular flexibility index (Phi) is 18.0. The summed E-state index contributed by atoms with van der Waals surface area (Å²) in [6, 6.07) is 4.80. The highest BCUT2D eigenvalue weighted by molar-refractivity contribution is 8.76.